The van der Waals surface area contributed by atoms with Crippen LogP contribution in [0, 0.1) is 5.92 Å². The van der Waals surface area contributed by atoms with E-state index < -0.39 is 0 Å². The molecule has 2 heteroatoms. The van der Waals surface area contributed by atoms with Crippen molar-refractivity contribution in [3.63, 3.8) is 0 Å². The van der Waals surface area contributed by atoms with Crippen molar-refractivity contribution in [2.45, 2.75) is 73.0 Å². The van der Waals surface area contributed by atoms with E-state index in [0.717, 1.165) is 25.2 Å². The van der Waals surface area contributed by atoms with E-state index in [0.29, 0.717) is 12.0 Å². The number of ether oxygens (including phenoxy) is 1. The van der Waals surface area contributed by atoms with Crippen molar-refractivity contribution < 1.29 is 4.74 Å². The first-order chi connectivity index (χ1) is 7.40. The van der Waals surface area contributed by atoms with Gasteiger partial charge in [-0.15, -0.1) is 0 Å². The Kier molecular flexibility index (Phi) is 6.89. The van der Waals surface area contributed by atoms with Crippen molar-refractivity contribution in [3.05, 3.63) is 0 Å². The summed E-state index contributed by atoms with van der Waals surface area (Å²) in [4.78, 5) is 4.69. The number of rotatable bonds is 7. The highest BCUT2D eigenvalue weighted by Crippen LogP contribution is 2.28. The molecule has 0 aliphatic rings. The van der Waals surface area contributed by atoms with Gasteiger partial charge in [0.15, 0.2) is 0 Å². The van der Waals surface area contributed by atoms with Crippen molar-refractivity contribution in [2.75, 3.05) is 6.61 Å². The molecule has 0 aromatic carbocycles. The molecule has 96 valence electrons. The molecule has 0 amide bonds. The van der Waals surface area contributed by atoms with Crippen LogP contribution in [0.5, 0.6) is 0 Å². The zero-order chi connectivity index (χ0) is 12.8. The van der Waals surface area contributed by atoms with Crippen LogP contribution in [0.15, 0.2) is 4.99 Å². The summed E-state index contributed by atoms with van der Waals surface area (Å²) in [6, 6.07) is 0.343. The molecule has 0 heterocycles. The van der Waals surface area contributed by atoms with Gasteiger partial charge in [0.2, 0.25) is 0 Å². The first-order valence-electron chi connectivity index (χ1n) is 6.59. The molecular weight excluding hydrogens is 198 g/mol. The van der Waals surface area contributed by atoms with Crippen LogP contribution >= 0.6 is 0 Å². The van der Waals surface area contributed by atoms with Gasteiger partial charge in [-0.1, -0.05) is 27.7 Å². The molecule has 0 bridgehead atoms. The van der Waals surface area contributed by atoms with Crippen molar-refractivity contribution >= 4 is 5.71 Å². The van der Waals surface area contributed by atoms with Crippen LogP contribution in [0.1, 0.15) is 61.3 Å². The van der Waals surface area contributed by atoms with Crippen LogP contribution in [-0.2, 0) is 4.74 Å². The largest absolute Gasteiger partial charge is 0.369 e. The average Bonchev–Trinajstić information content (AvgIpc) is 2.18. The van der Waals surface area contributed by atoms with Gasteiger partial charge in [0.1, 0.15) is 5.60 Å². The van der Waals surface area contributed by atoms with Crippen molar-refractivity contribution in [1.82, 2.24) is 0 Å². The molecule has 0 saturated heterocycles. The smallest absolute Gasteiger partial charge is 0.107 e. The second-order valence-electron chi connectivity index (χ2n) is 5.05. The Labute approximate surface area is 101 Å². The Morgan fingerprint density at radius 2 is 1.75 bits per heavy atom. The molecule has 0 saturated carbocycles. The maximum Gasteiger partial charge on any atom is 0.107 e. The second-order valence-corrected chi connectivity index (χ2v) is 5.05. The van der Waals surface area contributed by atoms with E-state index in [1.165, 1.54) is 0 Å². The molecule has 0 aliphatic carbocycles. The maximum absolute atomic E-state index is 6.12. The Hall–Kier alpha value is -0.370. The van der Waals surface area contributed by atoms with E-state index in [9.17, 15) is 0 Å². The van der Waals surface area contributed by atoms with Crippen molar-refractivity contribution in [1.29, 1.82) is 0 Å². The molecule has 16 heavy (non-hydrogen) atoms. The normalized spacial score (nSPS) is 16.9. The lowest BCUT2D eigenvalue weighted by Crippen LogP contribution is -2.45. The highest BCUT2D eigenvalue weighted by atomic mass is 16.5. The lowest BCUT2D eigenvalue weighted by atomic mass is 9.83. The Bertz CT molecular complexity index is 221. The SMILES string of the molecule is CCCOC(CC)(C(C)=NC(C)C)C(C)C. The fourth-order valence-electron chi connectivity index (χ4n) is 2.24. The third-order valence-electron chi connectivity index (χ3n) is 3.09. The van der Waals surface area contributed by atoms with Gasteiger partial charge in [-0.2, -0.15) is 0 Å². The third-order valence-corrected chi connectivity index (χ3v) is 3.09. The second kappa shape index (κ2) is 7.05. The van der Waals surface area contributed by atoms with Crippen LogP contribution in [0.2, 0.25) is 0 Å². The predicted octanol–water partition coefficient (Wildman–Crippen LogP) is 4.09. The molecule has 0 fully saturated rings. The molecule has 0 aliphatic heterocycles. The van der Waals surface area contributed by atoms with Gasteiger partial charge >= 0.3 is 0 Å². The topological polar surface area (TPSA) is 21.6 Å². The standard InChI is InChI=1S/C14H29NO/c1-8-10-16-14(9-2,11(3)4)13(7)15-12(5)6/h11-12H,8-10H2,1-7H3. The summed E-state index contributed by atoms with van der Waals surface area (Å²) < 4.78 is 6.12. The number of aliphatic imine (C=N–C) groups is 1. The van der Waals surface area contributed by atoms with E-state index >= 15 is 0 Å². The maximum atomic E-state index is 6.12. The summed E-state index contributed by atoms with van der Waals surface area (Å²) in [6.45, 7) is 15.9. The molecule has 2 nitrogen and oxygen atoms in total. The van der Waals surface area contributed by atoms with Crippen molar-refractivity contribution in [3.8, 4) is 0 Å². The average molecular weight is 227 g/mol. The van der Waals surface area contributed by atoms with Crippen LogP contribution in [-0.4, -0.2) is 24.0 Å². The minimum Gasteiger partial charge on any atom is -0.369 e. The summed E-state index contributed by atoms with van der Waals surface area (Å²) in [5.74, 6) is 0.464. The Morgan fingerprint density at radius 1 is 1.19 bits per heavy atom. The van der Waals surface area contributed by atoms with E-state index in [1.54, 1.807) is 0 Å². The molecule has 1 atom stereocenters. The first-order valence-corrected chi connectivity index (χ1v) is 6.59. The molecule has 0 N–H and O–H groups in total. The van der Waals surface area contributed by atoms with Crippen LogP contribution in [0.25, 0.3) is 0 Å². The van der Waals surface area contributed by atoms with Gasteiger partial charge in [0.25, 0.3) is 0 Å². The quantitative estimate of drug-likeness (QED) is 0.600. The van der Waals surface area contributed by atoms with E-state index in [-0.39, 0.29) is 5.60 Å². The van der Waals surface area contributed by atoms with Crippen LogP contribution in [0.4, 0.5) is 0 Å². The summed E-state index contributed by atoms with van der Waals surface area (Å²) in [7, 11) is 0. The zero-order valence-corrected chi connectivity index (χ0v) is 12.1. The highest BCUT2D eigenvalue weighted by Gasteiger charge is 2.36. The lowest BCUT2D eigenvalue weighted by Gasteiger charge is -2.37. The molecule has 0 aromatic rings. The minimum absolute atomic E-state index is 0.166. The molecule has 0 spiro atoms. The first kappa shape index (κ1) is 15.6. The van der Waals surface area contributed by atoms with Gasteiger partial charge < -0.3 is 4.74 Å². The summed E-state index contributed by atoms with van der Waals surface area (Å²) >= 11 is 0. The fraction of sp³-hybridized carbons (Fsp3) is 0.929. The minimum atomic E-state index is -0.166. The highest BCUT2D eigenvalue weighted by molar-refractivity contribution is 5.90. The van der Waals surface area contributed by atoms with Gasteiger partial charge in [-0.3, -0.25) is 4.99 Å². The van der Waals surface area contributed by atoms with Crippen LogP contribution < -0.4 is 0 Å². The monoisotopic (exact) mass is 227 g/mol. The van der Waals surface area contributed by atoms with Crippen molar-refractivity contribution in [2.24, 2.45) is 10.9 Å². The van der Waals surface area contributed by atoms with E-state index in [1.807, 2.05) is 0 Å². The summed E-state index contributed by atoms with van der Waals surface area (Å²) in [5, 5.41) is 0. The van der Waals surface area contributed by atoms with Gasteiger partial charge in [-0.25, -0.2) is 0 Å². The molecule has 0 radical (unpaired) electrons. The lowest BCUT2D eigenvalue weighted by molar-refractivity contribution is -0.0281. The Morgan fingerprint density at radius 3 is 2.06 bits per heavy atom. The van der Waals surface area contributed by atoms with Crippen LogP contribution in [0.3, 0.4) is 0 Å². The third kappa shape index (κ3) is 3.89. The van der Waals surface area contributed by atoms with Gasteiger partial charge in [0, 0.05) is 18.4 Å². The summed E-state index contributed by atoms with van der Waals surface area (Å²) in [5.41, 5.74) is 0.980. The predicted molar refractivity (Wildman–Crippen MR) is 72.3 cm³/mol. The Balaban J connectivity index is 5.02. The number of hydrogen-bond donors (Lipinski definition) is 0. The number of nitrogens with zero attached hydrogens (tertiary/aromatic N) is 1. The fourth-order valence-corrected chi connectivity index (χ4v) is 2.24. The zero-order valence-electron chi connectivity index (χ0n) is 12.1. The van der Waals surface area contributed by atoms with Gasteiger partial charge in [-0.05, 0) is 39.5 Å². The summed E-state index contributed by atoms with van der Waals surface area (Å²) in [6.07, 6.45) is 2.05. The van der Waals surface area contributed by atoms with E-state index in [2.05, 4.69) is 53.5 Å². The molecule has 1 unspecified atom stereocenters. The molecule has 0 rings (SSSR count). The molecular formula is C14H29NO. The molecule has 0 aromatic heterocycles. The number of hydrogen-bond acceptors (Lipinski definition) is 2. The van der Waals surface area contributed by atoms with E-state index in [4.69, 9.17) is 4.74 Å². The van der Waals surface area contributed by atoms with Gasteiger partial charge in [0.05, 0.1) is 0 Å².